The summed E-state index contributed by atoms with van der Waals surface area (Å²) in [6.07, 6.45) is 0. The molecule has 8 heteroatoms. The highest BCUT2D eigenvalue weighted by molar-refractivity contribution is 7.26. The van der Waals surface area contributed by atoms with Crippen molar-refractivity contribution in [2.75, 3.05) is 0 Å². The van der Waals surface area contributed by atoms with Gasteiger partial charge in [0.05, 0.1) is 27.6 Å². The van der Waals surface area contributed by atoms with E-state index in [1.54, 1.807) is 0 Å². The smallest absolute Gasteiger partial charge is 0.238 e. The number of rotatable bonds is 7. The van der Waals surface area contributed by atoms with E-state index in [0.717, 1.165) is 82.9 Å². The summed E-state index contributed by atoms with van der Waals surface area (Å²) < 4.78 is 7.00. The Labute approximate surface area is 399 Å². The summed E-state index contributed by atoms with van der Waals surface area (Å²) in [4.78, 5) is 26.6. The van der Waals surface area contributed by atoms with Crippen LogP contribution in [0.5, 0.6) is 0 Å². The lowest BCUT2D eigenvalue weighted by Crippen LogP contribution is -2.06. The van der Waals surface area contributed by atoms with Crippen molar-refractivity contribution in [3.05, 3.63) is 224 Å². The Morgan fingerprint density at radius 1 is 0.333 bits per heavy atom. The first-order valence-electron chi connectivity index (χ1n) is 23.0. The van der Waals surface area contributed by atoms with E-state index in [9.17, 15) is 0 Å². The summed E-state index contributed by atoms with van der Waals surface area (Å²) in [5.41, 5.74) is 11.8. The molecule has 14 rings (SSSR count). The molecule has 14 aromatic rings. The molecule has 0 unspecified atom stereocenters. The van der Waals surface area contributed by atoms with Crippen molar-refractivity contribution in [1.82, 2.24) is 34.1 Å². The van der Waals surface area contributed by atoms with Crippen LogP contribution in [0.4, 0.5) is 0 Å². The molecular weight excluding hydrogens is 863 g/mol. The number of hydrogen-bond acceptors (Lipinski definition) is 6. The molecule has 0 atom stereocenters. The maximum absolute atomic E-state index is 5.52. The first-order chi connectivity index (χ1) is 34.2. The van der Waals surface area contributed by atoms with Gasteiger partial charge >= 0.3 is 0 Å². The van der Waals surface area contributed by atoms with Gasteiger partial charge in [0.15, 0.2) is 17.5 Å². The first-order valence-corrected chi connectivity index (χ1v) is 23.8. The van der Waals surface area contributed by atoms with Crippen LogP contribution < -0.4 is 0 Å². The van der Waals surface area contributed by atoms with Gasteiger partial charge in [-0.3, -0.25) is 9.13 Å². The predicted octanol–water partition coefficient (Wildman–Crippen LogP) is 15.6. The Bertz CT molecular complexity index is 4240. The molecule has 5 heterocycles. The molecule has 0 spiro atoms. The summed E-state index contributed by atoms with van der Waals surface area (Å²) in [6.45, 7) is 0. The largest absolute Gasteiger partial charge is 0.294 e. The summed E-state index contributed by atoms with van der Waals surface area (Å²) in [6, 6.07) is 78.5. The molecule has 9 aromatic carbocycles. The van der Waals surface area contributed by atoms with Gasteiger partial charge in [0.1, 0.15) is 5.65 Å². The molecule has 0 saturated heterocycles. The van der Waals surface area contributed by atoms with Gasteiger partial charge in [0, 0.05) is 64.3 Å². The van der Waals surface area contributed by atoms with Gasteiger partial charge in [-0.05, 0) is 65.7 Å². The fourth-order valence-electron chi connectivity index (χ4n) is 10.0. The van der Waals surface area contributed by atoms with Gasteiger partial charge in [-0.25, -0.2) is 15.0 Å². The standard InChI is InChI=1S/C61H37N7S/c1-5-18-38(19-6-1)55-54-47-27-13-15-30-50(47)67(43-24-11-4-12-25-43)60(54)64-59(62-55)42-33-35-52-49(37-42)48-36-41(44-28-17-29-46-45-26-14-16-31-53(45)69-56(44)46)32-34-51(48)68(52)61-65-57(39-20-7-2-8-21-39)63-58(66-61)40-22-9-3-10-23-40/h1-37H. The van der Waals surface area contributed by atoms with Crippen LogP contribution in [-0.4, -0.2) is 34.1 Å². The first kappa shape index (κ1) is 39.1. The lowest BCUT2D eigenvalue weighted by Gasteiger charge is -2.12. The van der Waals surface area contributed by atoms with Gasteiger partial charge < -0.3 is 0 Å². The van der Waals surface area contributed by atoms with E-state index in [2.05, 4.69) is 167 Å². The molecule has 7 nitrogen and oxygen atoms in total. The van der Waals surface area contributed by atoms with Crippen molar-refractivity contribution in [2.24, 2.45) is 0 Å². The molecular formula is C61H37N7S. The summed E-state index contributed by atoms with van der Waals surface area (Å²) in [7, 11) is 0. The minimum absolute atomic E-state index is 0.534. The minimum atomic E-state index is 0.534. The number of para-hydroxylation sites is 2. The highest BCUT2D eigenvalue weighted by atomic mass is 32.1. The predicted molar refractivity (Wildman–Crippen MR) is 284 cm³/mol. The Morgan fingerprint density at radius 2 is 0.870 bits per heavy atom. The average Bonchev–Trinajstić information content (AvgIpc) is 4.09. The second-order valence-corrected chi connectivity index (χ2v) is 18.3. The van der Waals surface area contributed by atoms with E-state index in [-0.39, 0.29) is 0 Å². The molecule has 0 aliphatic carbocycles. The highest BCUT2D eigenvalue weighted by Gasteiger charge is 2.24. The van der Waals surface area contributed by atoms with Gasteiger partial charge in [-0.15, -0.1) is 11.3 Å². The van der Waals surface area contributed by atoms with Crippen LogP contribution in [0.2, 0.25) is 0 Å². The molecule has 0 aliphatic rings. The topological polar surface area (TPSA) is 74.3 Å². The monoisotopic (exact) mass is 899 g/mol. The molecule has 0 aliphatic heterocycles. The van der Waals surface area contributed by atoms with Gasteiger partial charge in [0.25, 0.3) is 0 Å². The maximum atomic E-state index is 5.52. The molecule has 5 aromatic heterocycles. The highest BCUT2D eigenvalue weighted by Crippen LogP contribution is 2.43. The fraction of sp³-hybridized carbons (Fsp3) is 0. The van der Waals surface area contributed by atoms with E-state index in [4.69, 9.17) is 24.9 Å². The van der Waals surface area contributed by atoms with E-state index in [1.807, 2.05) is 78.1 Å². The quantitative estimate of drug-likeness (QED) is 0.159. The fourth-order valence-corrected chi connectivity index (χ4v) is 11.3. The van der Waals surface area contributed by atoms with Crippen LogP contribution in [0.3, 0.4) is 0 Å². The molecule has 0 N–H and O–H groups in total. The number of hydrogen-bond donors (Lipinski definition) is 0. The second-order valence-electron chi connectivity index (χ2n) is 17.2. The van der Waals surface area contributed by atoms with Crippen LogP contribution in [0.15, 0.2) is 224 Å². The van der Waals surface area contributed by atoms with Gasteiger partial charge in [-0.2, -0.15) is 9.97 Å². The van der Waals surface area contributed by atoms with Crippen molar-refractivity contribution in [2.45, 2.75) is 0 Å². The number of thiophene rings is 1. The lowest BCUT2D eigenvalue weighted by molar-refractivity contribution is 0.953. The zero-order valence-electron chi connectivity index (χ0n) is 36.9. The van der Waals surface area contributed by atoms with Crippen LogP contribution in [0.25, 0.3) is 132 Å². The van der Waals surface area contributed by atoms with E-state index in [1.165, 1.54) is 25.7 Å². The number of benzene rings is 9. The van der Waals surface area contributed by atoms with E-state index >= 15 is 0 Å². The Morgan fingerprint density at radius 3 is 1.57 bits per heavy atom. The number of aromatic nitrogens is 7. The maximum Gasteiger partial charge on any atom is 0.238 e. The van der Waals surface area contributed by atoms with Crippen LogP contribution >= 0.6 is 11.3 Å². The van der Waals surface area contributed by atoms with Crippen molar-refractivity contribution in [3.8, 4) is 68.2 Å². The summed E-state index contributed by atoms with van der Waals surface area (Å²) in [5.74, 6) is 2.37. The van der Waals surface area contributed by atoms with Crippen molar-refractivity contribution < 1.29 is 0 Å². The van der Waals surface area contributed by atoms with Crippen molar-refractivity contribution in [3.63, 3.8) is 0 Å². The average molecular weight is 900 g/mol. The molecule has 69 heavy (non-hydrogen) atoms. The van der Waals surface area contributed by atoms with Gasteiger partial charge in [-0.1, -0.05) is 170 Å². The zero-order valence-corrected chi connectivity index (χ0v) is 37.7. The molecule has 0 radical (unpaired) electrons. The second kappa shape index (κ2) is 15.8. The summed E-state index contributed by atoms with van der Waals surface area (Å²) in [5, 5.41) is 6.75. The molecule has 0 saturated carbocycles. The third-order valence-corrected chi connectivity index (χ3v) is 14.4. The number of nitrogens with zero attached hydrogens (tertiary/aromatic N) is 7. The Balaban J connectivity index is 1.05. The minimum Gasteiger partial charge on any atom is -0.294 e. The van der Waals surface area contributed by atoms with Crippen molar-refractivity contribution in [1.29, 1.82) is 0 Å². The van der Waals surface area contributed by atoms with Crippen LogP contribution in [-0.2, 0) is 0 Å². The van der Waals surface area contributed by atoms with Crippen molar-refractivity contribution >= 4 is 75.3 Å². The third kappa shape index (κ3) is 6.38. The molecule has 0 amide bonds. The van der Waals surface area contributed by atoms with Crippen LogP contribution in [0.1, 0.15) is 0 Å². The van der Waals surface area contributed by atoms with E-state index in [0.29, 0.717) is 23.4 Å². The third-order valence-electron chi connectivity index (χ3n) is 13.2. The normalized spacial score (nSPS) is 11.8. The Kier molecular flexibility index (Phi) is 8.93. The lowest BCUT2D eigenvalue weighted by atomic mass is 10.00. The molecule has 322 valence electrons. The SMILES string of the molecule is c1ccc(-c2nc(-c3ccccc3)nc(-n3c4ccc(-c5nc(-c6ccccc6)c6c7ccccc7n(-c7ccccc7)c6n5)cc4c4cc(-c5cccc6c5sc5ccccc56)ccc43)n2)cc1. The zero-order chi connectivity index (χ0) is 45.4. The summed E-state index contributed by atoms with van der Waals surface area (Å²) >= 11 is 1.84. The molecule has 0 bridgehead atoms. The van der Waals surface area contributed by atoms with Gasteiger partial charge in [0.2, 0.25) is 5.95 Å². The number of fused-ring (bicyclic) bond motifs is 9. The molecule has 0 fully saturated rings. The van der Waals surface area contributed by atoms with E-state index < -0.39 is 0 Å². The van der Waals surface area contributed by atoms with Crippen LogP contribution in [0, 0.1) is 0 Å². The Hall–Kier alpha value is -9.11.